The molecule has 0 radical (unpaired) electrons. The Kier molecular flexibility index (Phi) is 6.75. The number of hydrogen-bond acceptors (Lipinski definition) is 4. The lowest BCUT2D eigenvalue weighted by Crippen LogP contribution is -2.61. The van der Waals surface area contributed by atoms with Crippen molar-refractivity contribution in [1.82, 2.24) is 0 Å². The maximum Gasteiger partial charge on any atom is 0.0659 e. The summed E-state index contributed by atoms with van der Waals surface area (Å²) in [6.07, 6.45) is 7.49. The van der Waals surface area contributed by atoms with Gasteiger partial charge in [0.05, 0.1) is 18.3 Å². The average molecular weight is 447 g/mol. The summed E-state index contributed by atoms with van der Waals surface area (Å²) in [5.41, 5.74) is 1.75. The van der Waals surface area contributed by atoms with Crippen LogP contribution in [-0.4, -0.2) is 45.3 Å². The van der Waals surface area contributed by atoms with Crippen LogP contribution in [0, 0.1) is 46.3 Å². The molecule has 0 aromatic heterocycles. The summed E-state index contributed by atoms with van der Waals surface area (Å²) in [7, 11) is 0. The summed E-state index contributed by atoms with van der Waals surface area (Å²) in [4.78, 5) is 0. The maximum atomic E-state index is 11.6. The topological polar surface area (TPSA) is 80.9 Å². The van der Waals surface area contributed by atoms with E-state index in [2.05, 4.69) is 40.3 Å². The lowest BCUT2D eigenvalue weighted by molar-refractivity contribution is -0.172. The van der Waals surface area contributed by atoms with Gasteiger partial charge in [0.25, 0.3) is 0 Å². The van der Waals surface area contributed by atoms with Gasteiger partial charge in [-0.05, 0) is 80.5 Å². The van der Waals surface area contributed by atoms with E-state index >= 15 is 0 Å². The SMILES string of the molecule is C=C(CCC(C)C1CCC2C3CC=C4CC(O)CC(O)C4(C)C3C(O)CC12CO)C(C)C. The number of fused-ring (bicyclic) bond motifs is 5. The van der Waals surface area contributed by atoms with E-state index in [-0.39, 0.29) is 23.9 Å². The first kappa shape index (κ1) is 24.4. The summed E-state index contributed by atoms with van der Waals surface area (Å²) in [5, 5.41) is 43.7. The Morgan fingerprint density at radius 1 is 1.19 bits per heavy atom. The van der Waals surface area contributed by atoms with E-state index < -0.39 is 23.7 Å². The molecule has 3 saturated carbocycles. The first-order chi connectivity index (χ1) is 15.1. The molecule has 10 atom stereocenters. The smallest absolute Gasteiger partial charge is 0.0659 e. The van der Waals surface area contributed by atoms with Crippen LogP contribution in [0.15, 0.2) is 23.8 Å². The molecule has 4 heteroatoms. The molecule has 0 aliphatic heterocycles. The lowest BCUT2D eigenvalue weighted by Gasteiger charge is -2.61. The van der Waals surface area contributed by atoms with Gasteiger partial charge in [0.2, 0.25) is 0 Å². The highest BCUT2D eigenvalue weighted by Gasteiger charge is 2.65. The first-order valence-corrected chi connectivity index (χ1v) is 13.1. The summed E-state index contributed by atoms with van der Waals surface area (Å²) < 4.78 is 0. The third-order valence-electron chi connectivity index (χ3n) is 10.6. The zero-order chi connectivity index (χ0) is 23.4. The van der Waals surface area contributed by atoms with E-state index in [1.54, 1.807) is 0 Å². The number of allylic oxidation sites excluding steroid dienone is 2. The number of hydrogen-bond donors (Lipinski definition) is 4. The van der Waals surface area contributed by atoms with Gasteiger partial charge in [0.15, 0.2) is 0 Å². The van der Waals surface area contributed by atoms with E-state index in [1.165, 1.54) is 5.57 Å². The van der Waals surface area contributed by atoms with Crippen molar-refractivity contribution in [3.63, 3.8) is 0 Å². The lowest BCUT2D eigenvalue weighted by atomic mass is 9.45. The van der Waals surface area contributed by atoms with Crippen molar-refractivity contribution in [2.45, 2.75) is 97.4 Å². The molecule has 0 amide bonds. The molecular formula is C28H46O4. The van der Waals surface area contributed by atoms with Crippen LogP contribution in [0.1, 0.15) is 79.1 Å². The summed E-state index contributed by atoms with van der Waals surface area (Å²) in [6, 6.07) is 0. The number of aliphatic hydroxyl groups excluding tert-OH is 4. The fraction of sp³-hybridized carbons (Fsp3) is 0.857. The van der Waals surface area contributed by atoms with Crippen molar-refractivity contribution >= 4 is 0 Å². The van der Waals surface area contributed by atoms with Gasteiger partial charge >= 0.3 is 0 Å². The standard InChI is InChI=1S/C28H46O4/c1-16(2)17(3)6-7-18(4)22-10-11-23-21-9-8-19-12-20(30)13-25(32)27(19,5)26(21)24(31)14-28(22,23)15-29/h8,16,18,20-26,29-32H,3,6-7,9-15H2,1-2,4-5H3. The Morgan fingerprint density at radius 2 is 1.91 bits per heavy atom. The molecule has 3 fully saturated rings. The van der Waals surface area contributed by atoms with Crippen molar-refractivity contribution in [3.8, 4) is 0 Å². The molecule has 4 aliphatic carbocycles. The minimum absolute atomic E-state index is 0.00412. The zero-order valence-electron chi connectivity index (χ0n) is 20.6. The molecule has 182 valence electrons. The van der Waals surface area contributed by atoms with Crippen LogP contribution in [-0.2, 0) is 0 Å². The summed E-state index contributed by atoms with van der Waals surface area (Å²) in [6.45, 7) is 13.3. The van der Waals surface area contributed by atoms with Gasteiger partial charge < -0.3 is 20.4 Å². The summed E-state index contributed by atoms with van der Waals surface area (Å²) >= 11 is 0. The highest BCUT2D eigenvalue weighted by Crippen LogP contribution is 2.67. The second kappa shape index (κ2) is 8.83. The normalized spacial score (nSPS) is 46.8. The Labute approximate surface area is 194 Å². The molecule has 4 aliphatic rings. The van der Waals surface area contributed by atoms with Crippen LogP contribution in [0.4, 0.5) is 0 Å². The van der Waals surface area contributed by atoms with Crippen molar-refractivity contribution in [2.75, 3.05) is 6.61 Å². The first-order valence-electron chi connectivity index (χ1n) is 13.1. The van der Waals surface area contributed by atoms with Crippen LogP contribution in [0.3, 0.4) is 0 Å². The highest BCUT2D eigenvalue weighted by atomic mass is 16.3. The number of rotatable bonds is 6. The van der Waals surface area contributed by atoms with E-state index in [4.69, 9.17) is 0 Å². The summed E-state index contributed by atoms with van der Waals surface area (Å²) in [5.74, 6) is 2.09. The second-order valence-electron chi connectivity index (χ2n) is 12.3. The molecule has 10 unspecified atom stereocenters. The Morgan fingerprint density at radius 3 is 2.56 bits per heavy atom. The van der Waals surface area contributed by atoms with Gasteiger partial charge in [-0.3, -0.25) is 0 Å². The van der Waals surface area contributed by atoms with Crippen molar-refractivity contribution in [2.24, 2.45) is 46.3 Å². The average Bonchev–Trinajstić information content (AvgIpc) is 3.12. The fourth-order valence-electron chi connectivity index (χ4n) is 8.70. The molecular weight excluding hydrogens is 400 g/mol. The minimum Gasteiger partial charge on any atom is -0.396 e. The van der Waals surface area contributed by atoms with Gasteiger partial charge in [0.1, 0.15) is 0 Å². The molecule has 4 N–H and O–H groups in total. The Hall–Kier alpha value is -0.680. The van der Waals surface area contributed by atoms with E-state index in [0.29, 0.717) is 42.9 Å². The molecule has 4 rings (SSSR count). The van der Waals surface area contributed by atoms with Crippen molar-refractivity contribution in [1.29, 1.82) is 0 Å². The van der Waals surface area contributed by atoms with Gasteiger partial charge in [-0.25, -0.2) is 0 Å². The molecule has 32 heavy (non-hydrogen) atoms. The van der Waals surface area contributed by atoms with Crippen molar-refractivity contribution in [3.05, 3.63) is 23.8 Å². The third kappa shape index (κ3) is 3.65. The molecule has 0 bridgehead atoms. The van der Waals surface area contributed by atoms with Gasteiger partial charge in [-0.2, -0.15) is 0 Å². The van der Waals surface area contributed by atoms with Gasteiger partial charge in [-0.15, -0.1) is 0 Å². The zero-order valence-corrected chi connectivity index (χ0v) is 20.6. The Bertz CT molecular complexity index is 744. The van der Waals surface area contributed by atoms with Gasteiger partial charge in [0, 0.05) is 23.9 Å². The van der Waals surface area contributed by atoms with E-state index in [1.807, 2.05) is 0 Å². The third-order valence-corrected chi connectivity index (χ3v) is 10.6. The predicted octanol–water partition coefficient (Wildman–Crippen LogP) is 4.47. The quantitative estimate of drug-likeness (QED) is 0.454. The van der Waals surface area contributed by atoms with Crippen LogP contribution < -0.4 is 0 Å². The monoisotopic (exact) mass is 446 g/mol. The molecule has 0 aromatic carbocycles. The van der Waals surface area contributed by atoms with E-state index in [9.17, 15) is 20.4 Å². The molecule has 0 saturated heterocycles. The van der Waals surface area contributed by atoms with Crippen LogP contribution in [0.2, 0.25) is 0 Å². The predicted molar refractivity (Wildman–Crippen MR) is 128 cm³/mol. The molecule has 4 nitrogen and oxygen atoms in total. The van der Waals surface area contributed by atoms with Gasteiger partial charge in [-0.1, -0.05) is 51.5 Å². The Balaban J connectivity index is 1.60. The number of aliphatic hydroxyl groups is 4. The van der Waals surface area contributed by atoms with Crippen LogP contribution in [0.5, 0.6) is 0 Å². The maximum absolute atomic E-state index is 11.6. The fourth-order valence-corrected chi connectivity index (χ4v) is 8.70. The molecule has 0 spiro atoms. The van der Waals surface area contributed by atoms with E-state index in [0.717, 1.165) is 37.7 Å². The molecule has 0 aromatic rings. The van der Waals surface area contributed by atoms with Crippen LogP contribution >= 0.6 is 0 Å². The highest BCUT2D eigenvalue weighted by molar-refractivity contribution is 5.29. The van der Waals surface area contributed by atoms with Crippen LogP contribution in [0.25, 0.3) is 0 Å². The second-order valence-corrected chi connectivity index (χ2v) is 12.3. The minimum atomic E-state index is -0.625. The molecule has 0 heterocycles. The van der Waals surface area contributed by atoms with Crippen molar-refractivity contribution < 1.29 is 20.4 Å². The largest absolute Gasteiger partial charge is 0.396 e.